The summed E-state index contributed by atoms with van der Waals surface area (Å²) in [6, 6.07) is 13.4. The summed E-state index contributed by atoms with van der Waals surface area (Å²) in [5, 5.41) is 21.7. The Hall–Kier alpha value is -3.55. The van der Waals surface area contributed by atoms with E-state index in [1.807, 2.05) is 30.3 Å². The van der Waals surface area contributed by atoms with Crippen molar-refractivity contribution in [2.75, 3.05) is 5.32 Å². The lowest BCUT2D eigenvalue weighted by Crippen LogP contribution is -2.14. The number of hydrogen-bond donors (Lipinski definition) is 1. The number of anilines is 1. The number of amides is 1. The minimum Gasteiger partial charge on any atom is -0.320 e. The average molecular weight is 323 g/mol. The maximum Gasteiger partial charge on any atom is 0.277 e. The summed E-state index contributed by atoms with van der Waals surface area (Å²) >= 11 is 0. The monoisotopic (exact) mass is 323 g/mol. The second-order valence-corrected chi connectivity index (χ2v) is 5.07. The molecule has 2 aromatic carbocycles. The zero-order valence-corrected chi connectivity index (χ0v) is 12.7. The highest BCUT2D eigenvalue weighted by atomic mass is 16.6. The van der Waals surface area contributed by atoms with E-state index in [-0.39, 0.29) is 11.4 Å². The molecule has 8 nitrogen and oxygen atoms in total. The van der Waals surface area contributed by atoms with E-state index in [1.165, 1.54) is 23.1 Å². The number of rotatable bonds is 4. The highest BCUT2D eigenvalue weighted by Crippen LogP contribution is 2.22. The molecule has 0 spiro atoms. The first kappa shape index (κ1) is 15.3. The molecule has 3 rings (SSSR count). The summed E-state index contributed by atoms with van der Waals surface area (Å²) in [5.74, 6) is -0.485. The summed E-state index contributed by atoms with van der Waals surface area (Å²) in [4.78, 5) is 24.0. The Balaban J connectivity index is 1.82. The molecule has 120 valence electrons. The molecule has 1 aromatic heterocycles. The minimum atomic E-state index is -0.513. The highest BCUT2D eigenvalue weighted by Gasteiger charge is 2.15. The molecular formula is C16H13N5O3. The fraction of sp³-hybridized carbons (Fsp3) is 0.0625. The van der Waals surface area contributed by atoms with Crippen LogP contribution in [0.15, 0.2) is 54.7 Å². The lowest BCUT2D eigenvalue weighted by molar-refractivity contribution is -0.384. The van der Waals surface area contributed by atoms with Crippen LogP contribution < -0.4 is 5.32 Å². The van der Waals surface area contributed by atoms with Crippen LogP contribution in [0.1, 0.15) is 16.1 Å². The number of non-ortho nitro benzene ring substituents is 1. The van der Waals surface area contributed by atoms with Gasteiger partial charge in [-0.1, -0.05) is 24.3 Å². The van der Waals surface area contributed by atoms with Gasteiger partial charge in [-0.3, -0.25) is 14.9 Å². The second kappa shape index (κ2) is 6.29. The van der Waals surface area contributed by atoms with Crippen LogP contribution in [0.3, 0.4) is 0 Å². The molecule has 1 N–H and O–H groups in total. The van der Waals surface area contributed by atoms with Crippen LogP contribution in [0.5, 0.6) is 0 Å². The van der Waals surface area contributed by atoms with Crippen LogP contribution in [0.25, 0.3) is 5.69 Å². The molecule has 0 radical (unpaired) electrons. The van der Waals surface area contributed by atoms with E-state index in [2.05, 4.69) is 15.5 Å². The van der Waals surface area contributed by atoms with Crippen molar-refractivity contribution in [2.45, 2.75) is 6.92 Å². The number of nitrogens with one attached hydrogen (secondary N) is 1. The maximum absolute atomic E-state index is 12.3. The molecule has 0 aliphatic rings. The number of nitrogens with zero attached hydrogens (tertiary/aromatic N) is 4. The average Bonchev–Trinajstić information content (AvgIpc) is 3.07. The van der Waals surface area contributed by atoms with E-state index in [0.717, 1.165) is 5.69 Å². The van der Waals surface area contributed by atoms with Crippen molar-refractivity contribution >= 4 is 17.3 Å². The van der Waals surface area contributed by atoms with Gasteiger partial charge in [0, 0.05) is 12.1 Å². The lowest BCUT2D eigenvalue weighted by Gasteiger charge is -2.06. The predicted octanol–water partition coefficient (Wildman–Crippen LogP) is 2.74. The van der Waals surface area contributed by atoms with E-state index in [9.17, 15) is 14.9 Å². The molecule has 1 heterocycles. The van der Waals surface area contributed by atoms with Crippen molar-refractivity contribution in [2.24, 2.45) is 0 Å². The van der Waals surface area contributed by atoms with Gasteiger partial charge in [0.15, 0.2) is 5.69 Å². The van der Waals surface area contributed by atoms with Gasteiger partial charge in [-0.25, -0.2) is 0 Å². The molecule has 0 saturated heterocycles. The molecule has 0 atom stereocenters. The Morgan fingerprint density at radius 3 is 2.67 bits per heavy atom. The Labute approximate surface area is 136 Å². The van der Waals surface area contributed by atoms with E-state index in [0.29, 0.717) is 11.3 Å². The summed E-state index contributed by atoms with van der Waals surface area (Å²) in [6.07, 6.45) is 1.34. The van der Waals surface area contributed by atoms with Crippen LogP contribution in [-0.2, 0) is 0 Å². The molecule has 0 aliphatic heterocycles. The maximum atomic E-state index is 12.3. The molecule has 24 heavy (non-hydrogen) atoms. The highest BCUT2D eigenvalue weighted by molar-refractivity contribution is 6.03. The van der Waals surface area contributed by atoms with Gasteiger partial charge in [-0.2, -0.15) is 9.90 Å². The Morgan fingerprint density at radius 1 is 1.21 bits per heavy atom. The second-order valence-electron chi connectivity index (χ2n) is 5.07. The summed E-state index contributed by atoms with van der Waals surface area (Å²) < 4.78 is 0. The third kappa shape index (κ3) is 3.12. The number of carbonyl (C=O) groups is 1. The van der Waals surface area contributed by atoms with Crippen LogP contribution in [0.2, 0.25) is 0 Å². The van der Waals surface area contributed by atoms with Crippen LogP contribution >= 0.6 is 0 Å². The molecule has 0 fully saturated rings. The number of carbonyl (C=O) groups excluding carboxylic acids is 1. The number of nitro benzene ring substituents is 1. The zero-order valence-electron chi connectivity index (χ0n) is 12.7. The van der Waals surface area contributed by atoms with E-state index >= 15 is 0 Å². The Morgan fingerprint density at radius 2 is 1.96 bits per heavy atom. The fourth-order valence-electron chi connectivity index (χ4n) is 2.10. The molecule has 3 aromatic rings. The number of aryl methyl sites for hydroxylation is 1. The first-order valence-corrected chi connectivity index (χ1v) is 7.09. The minimum absolute atomic E-state index is 0.0937. The summed E-state index contributed by atoms with van der Waals surface area (Å²) in [5.41, 5.74) is 1.82. The van der Waals surface area contributed by atoms with E-state index < -0.39 is 10.8 Å². The van der Waals surface area contributed by atoms with Crippen molar-refractivity contribution < 1.29 is 9.72 Å². The van der Waals surface area contributed by atoms with Gasteiger partial charge < -0.3 is 5.32 Å². The molecule has 0 saturated carbocycles. The van der Waals surface area contributed by atoms with Crippen molar-refractivity contribution in [1.29, 1.82) is 0 Å². The first-order chi connectivity index (χ1) is 11.5. The van der Waals surface area contributed by atoms with Crippen LogP contribution in [0.4, 0.5) is 11.4 Å². The Bertz CT molecular complexity index is 905. The normalized spacial score (nSPS) is 10.4. The third-order valence-corrected chi connectivity index (χ3v) is 3.39. The van der Waals surface area contributed by atoms with Crippen LogP contribution in [0, 0.1) is 17.0 Å². The van der Waals surface area contributed by atoms with Crippen molar-refractivity contribution in [3.8, 4) is 5.69 Å². The number of para-hydroxylation sites is 1. The smallest absolute Gasteiger partial charge is 0.277 e. The van der Waals surface area contributed by atoms with Gasteiger partial charge in [0.1, 0.15) is 0 Å². The third-order valence-electron chi connectivity index (χ3n) is 3.39. The summed E-state index contributed by atoms with van der Waals surface area (Å²) in [6.45, 7) is 1.75. The predicted molar refractivity (Wildman–Crippen MR) is 87.1 cm³/mol. The lowest BCUT2D eigenvalue weighted by atomic mass is 10.2. The molecule has 0 aliphatic carbocycles. The SMILES string of the molecule is Cc1ccc([N+](=O)[O-])cc1NC(=O)c1cnn(-c2ccccc2)n1. The van der Waals surface area contributed by atoms with Crippen LogP contribution in [-0.4, -0.2) is 25.8 Å². The van der Waals surface area contributed by atoms with Crippen molar-refractivity contribution in [1.82, 2.24) is 15.0 Å². The standard InChI is InChI=1S/C16H13N5O3/c1-11-7-8-13(21(23)24)9-14(11)18-16(22)15-10-17-20(19-15)12-5-3-2-4-6-12/h2-10H,1H3,(H,18,22). The fourth-order valence-corrected chi connectivity index (χ4v) is 2.10. The largest absolute Gasteiger partial charge is 0.320 e. The molecule has 0 unspecified atom stereocenters. The number of benzene rings is 2. The van der Waals surface area contributed by atoms with Gasteiger partial charge in [-0.05, 0) is 24.6 Å². The van der Waals surface area contributed by atoms with E-state index in [1.54, 1.807) is 13.0 Å². The van der Waals surface area contributed by atoms with Gasteiger partial charge in [0.25, 0.3) is 11.6 Å². The first-order valence-electron chi connectivity index (χ1n) is 7.09. The van der Waals surface area contributed by atoms with Gasteiger partial charge in [0.05, 0.1) is 22.5 Å². The van der Waals surface area contributed by atoms with E-state index in [4.69, 9.17) is 0 Å². The van der Waals surface area contributed by atoms with Gasteiger partial charge in [0.2, 0.25) is 0 Å². The number of aromatic nitrogens is 3. The van der Waals surface area contributed by atoms with Crippen molar-refractivity contribution in [3.05, 3.63) is 76.1 Å². The molecule has 1 amide bonds. The zero-order chi connectivity index (χ0) is 17.1. The van der Waals surface area contributed by atoms with Gasteiger partial charge >= 0.3 is 0 Å². The van der Waals surface area contributed by atoms with Gasteiger partial charge in [-0.15, -0.1) is 5.10 Å². The quantitative estimate of drug-likeness (QED) is 0.587. The van der Waals surface area contributed by atoms with Crippen molar-refractivity contribution in [3.63, 3.8) is 0 Å². The topological polar surface area (TPSA) is 103 Å². The Kier molecular flexibility index (Phi) is 4.02. The number of hydrogen-bond acceptors (Lipinski definition) is 5. The molecule has 8 heteroatoms. The molecular weight excluding hydrogens is 310 g/mol. The molecule has 0 bridgehead atoms. The summed E-state index contributed by atoms with van der Waals surface area (Å²) in [7, 11) is 0. The number of nitro groups is 1.